The molecular formula is C23H24N6O3. The molecule has 1 saturated carbocycles. The fraction of sp³-hybridized carbons (Fsp3) is 0.348. The van der Waals surface area contributed by atoms with Crippen LogP contribution in [0.3, 0.4) is 0 Å². The van der Waals surface area contributed by atoms with Crippen molar-refractivity contribution in [2.24, 2.45) is 7.05 Å². The fourth-order valence-corrected chi connectivity index (χ4v) is 3.83. The predicted octanol–water partition coefficient (Wildman–Crippen LogP) is 2.88. The highest BCUT2D eigenvalue weighted by molar-refractivity contribution is 5.94. The molecule has 4 rings (SSSR count). The summed E-state index contributed by atoms with van der Waals surface area (Å²) in [6.45, 7) is 0. The first-order chi connectivity index (χ1) is 15.6. The van der Waals surface area contributed by atoms with Gasteiger partial charge in [0.1, 0.15) is 23.6 Å². The third kappa shape index (κ3) is 4.70. The normalized spacial score (nSPS) is 17.9. The van der Waals surface area contributed by atoms with E-state index in [4.69, 9.17) is 14.7 Å². The van der Waals surface area contributed by atoms with Crippen molar-refractivity contribution in [1.82, 2.24) is 25.1 Å². The number of benzene rings is 1. The minimum Gasteiger partial charge on any atom is -0.497 e. The molecule has 0 atom stereocenters. The second-order valence-electron chi connectivity index (χ2n) is 7.66. The number of rotatable bonds is 6. The average Bonchev–Trinajstić information content (AvgIpc) is 3.22. The standard InChI is InChI=1S/C23H24N6O3/c1-29-21(13-19(28-29)15-4-3-5-18(12-15)31-2)22(30)27-16-6-8-17(9-7-16)32-23-20(14-24)25-10-11-26-23/h3-5,10-13,16-17H,6-9H2,1-2H3,(H,27,30). The van der Waals surface area contributed by atoms with Crippen LogP contribution in [0, 0.1) is 11.3 Å². The van der Waals surface area contributed by atoms with Crippen molar-refractivity contribution in [3.05, 3.63) is 54.1 Å². The number of nitrogens with one attached hydrogen (secondary N) is 1. The number of carbonyl (C=O) groups is 1. The Balaban J connectivity index is 1.35. The summed E-state index contributed by atoms with van der Waals surface area (Å²) < 4.78 is 12.7. The Labute approximate surface area is 186 Å². The lowest BCUT2D eigenvalue weighted by atomic mass is 9.93. The molecule has 9 nitrogen and oxygen atoms in total. The molecule has 0 radical (unpaired) electrons. The zero-order chi connectivity index (χ0) is 22.5. The Bertz CT molecular complexity index is 1140. The number of nitrogens with zero attached hydrogens (tertiary/aromatic N) is 5. The Kier molecular flexibility index (Phi) is 6.31. The Morgan fingerprint density at radius 1 is 1.19 bits per heavy atom. The highest BCUT2D eigenvalue weighted by atomic mass is 16.5. The van der Waals surface area contributed by atoms with Crippen LogP contribution in [0.2, 0.25) is 0 Å². The quantitative estimate of drug-likeness (QED) is 0.637. The molecule has 1 fully saturated rings. The number of hydrogen-bond acceptors (Lipinski definition) is 7. The van der Waals surface area contributed by atoms with Crippen molar-refractivity contribution < 1.29 is 14.3 Å². The molecule has 3 aromatic rings. The SMILES string of the molecule is COc1cccc(-c2cc(C(=O)NC3CCC(Oc4nccnc4C#N)CC3)n(C)n2)c1. The number of carbonyl (C=O) groups excluding carboxylic acids is 1. The van der Waals surface area contributed by atoms with Gasteiger partial charge in [0.15, 0.2) is 0 Å². The van der Waals surface area contributed by atoms with Crippen molar-refractivity contribution in [2.45, 2.75) is 37.8 Å². The summed E-state index contributed by atoms with van der Waals surface area (Å²) in [5, 5.41) is 16.7. The summed E-state index contributed by atoms with van der Waals surface area (Å²) in [5.41, 5.74) is 2.29. The van der Waals surface area contributed by atoms with Gasteiger partial charge >= 0.3 is 0 Å². The fourth-order valence-electron chi connectivity index (χ4n) is 3.83. The van der Waals surface area contributed by atoms with Gasteiger partial charge in [0.05, 0.1) is 12.8 Å². The Morgan fingerprint density at radius 2 is 1.97 bits per heavy atom. The predicted molar refractivity (Wildman–Crippen MR) is 116 cm³/mol. The molecule has 1 aliphatic carbocycles. The van der Waals surface area contributed by atoms with Gasteiger partial charge in [-0.25, -0.2) is 9.97 Å². The van der Waals surface area contributed by atoms with E-state index in [0.29, 0.717) is 11.4 Å². The maximum atomic E-state index is 12.9. The Hall–Kier alpha value is -3.93. The molecule has 1 aliphatic rings. The average molecular weight is 432 g/mol. The molecule has 1 N–H and O–H groups in total. The highest BCUT2D eigenvalue weighted by Crippen LogP contribution is 2.26. The van der Waals surface area contributed by atoms with Crippen LogP contribution < -0.4 is 14.8 Å². The van der Waals surface area contributed by atoms with Crippen LogP contribution in [0.5, 0.6) is 11.6 Å². The van der Waals surface area contributed by atoms with E-state index in [0.717, 1.165) is 37.0 Å². The molecule has 0 bridgehead atoms. The molecule has 1 amide bonds. The van der Waals surface area contributed by atoms with Gasteiger partial charge < -0.3 is 14.8 Å². The summed E-state index contributed by atoms with van der Waals surface area (Å²) in [4.78, 5) is 21.0. The van der Waals surface area contributed by atoms with Crippen molar-refractivity contribution in [2.75, 3.05) is 7.11 Å². The van der Waals surface area contributed by atoms with Crippen LogP contribution in [0.4, 0.5) is 0 Å². The van der Waals surface area contributed by atoms with E-state index in [2.05, 4.69) is 20.4 Å². The molecule has 1 aromatic carbocycles. The first-order valence-corrected chi connectivity index (χ1v) is 10.4. The topological polar surface area (TPSA) is 115 Å². The lowest BCUT2D eigenvalue weighted by Crippen LogP contribution is -2.40. The molecule has 164 valence electrons. The lowest BCUT2D eigenvalue weighted by molar-refractivity contribution is 0.0880. The van der Waals surface area contributed by atoms with Gasteiger partial charge in [-0.15, -0.1) is 0 Å². The monoisotopic (exact) mass is 432 g/mol. The van der Waals surface area contributed by atoms with Gasteiger partial charge in [-0.1, -0.05) is 12.1 Å². The van der Waals surface area contributed by atoms with E-state index in [1.807, 2.05) is 30.3 Å². The number of ether oxygens (including phenoxy) is 2. The third-order valence-corrected chi connectivity index (χ3v) is 5.54. The van der Waals surface area contributed by atoms with E-state index in [1.165, 1.54) is 12.4 Å². The maximum Gasteiger partial charge on any atom is 0.269 e. The van der Waals surface area contributed by atoms with E-state index in [-0.39, 0.29) is 29.6 Å². The van der Waals surface area contributed by atoms with Gasteiger partial charge in [0, 0.05) is 31.0 Å². The van der Waals surface area contributed by atoms with Crippen LogP contribution in [0.25, 0.3) is 11.3 Å². The third-order valence-electron chi connectivity index (χ3n) is 5.54. The van der Waals surface area contributed by atoms with E-state index in [9.17, 15) is 4.79 Å². The number of aromatic nitrogens is 4. The number of nitriles is 1. The van der Waals surface area contributed by atoms with Crippen molar-refractivity contribution in [3.63, 3.8) is 0 Å². The molecule has 9 heteroatoms. The summed E-state index contributed by atoms with van der Waals surface area (Å²) in [7, 11) is 3.38. The minimum absolute atomic E-state index is 0.0508. The smallest absolute Gasteiger partial charge is 0.269 e. The summed E-state index contributed by atoms with van der Waals surface area (Å²) in [6, 6.07) is 11.4. The van der Waals surface area contributed by atoms with Crippen LogP contribution in [0.15, 0.2) is 42.7 Å². The first-order valence-electron chi connectivity index (χ1n) is 10.4. The largest absolute Gasteiger partial charge is 0.497 e. The molecule has 0 unspecified atom stereocenters. The number of amides is 1. The number of aryl methyl sites for hydroxylation is 1. The molecule has 32 heavy (non-hydrogen) atoms. The number of hydrogen-bond donors (Lipinski definition) is 1. The molecule has 0 spiro atoms. The molecule has 2 aromatic heterocycles. The van der Waals surface area contributed by atoms with Crippen molar-refractivity contribution in [3.8, 4) is 29.0 Å². The van der Waals surface area contributed by atoms with E-state index < -0.39 is 0 Å². The van der Waals surface area contributed by atoms with Crippen molar-refractivity contribution in [1.29, 1.82) is 5.26 Å². The van der Waals surface area contributed by atoms with Gasteiger partial charge in [-0.05, 0) is 43.9 Å². The lowest BCUT2D eigenvalue weighted by Gasteiger charge is -2.29. The van der Waals surface area contributed by atoms with Gasteiger partial charge in [-0.2, -0.15) is 10.4 Å². The first kappa shape index (κ1) is 21.3. The maximum absolute atomic E-state index is 12.9. The van der Waals surface area contributed by atoms with Crippen LogP contribution in [0.1, 0.15) is 41.9 Å². The zero-order valence-corrected chi connectivity index (χ0v) is 18.0. The van der Waals surface area contributed by atoms with Crippen molar-refractivity contribution >= 4 is 5.91 Å². The molecule has 0 saturated heterocycles. The summed E-state index contributed by atoms with van der Waals surface area (Å²) in [6.07, 6.45) is 5.99. The van der Waals surface area contributed by atoms with E-state index in [1.54, 1.807) is 24.9 Å². The van der Waals surface area contributed by atoms with Crippen LogP contribution in [-0.4, -0.2) is 44.9 Å². The second kappa shape index (κ2) is 9.47. The zero-order valence-electron chi connectivity index (χ0n) is 18.0. The molecule has 2 heterocycles. The van der Waals surface area contributed by atoms with Crippen LogP contribution in [-0.2, 0) is 7.05 Å². The molecular weight excluding hydrogens is 408 g/mol. The van der Waals surface area contributed by atoms with Crippen LogP contribution >= 0.6 is 0 Å². The summed E-state index contributed by atoms with van der Waals surface area (Å²) >= 11 is 0. The van der Waals surface area contributed by atoms with Gasteiger partial charge in [0.25, 0.3) is 11.8 Å². The second-order valence-corrected chi connectivity index (χ2v) is 7.66. The summed E-state index contributed by atoms with van der Waals surface area (Å²) in [5.74, 6) is 0.850. The number of methoxy groups -OCH3 is 1. The van der Waals surface area contributed by atoms with E-state index >= 15 is 0 Å². The Morgan fingerprint density at radius 3 is 2.72 bits per heavy atom. The van der Waals surface area contributed by atoms with Gasteiger partial charge in [-0.3, -0.25) is 9.48 Å². The highest BCUT2D eigenvalue weighted by Gasteiger charge is 2.26. The molecule has 0 aliphatic heterocycles. The van der Waals surface area contributed by atoms with Gasteiger partial charge in [0.2, 0.25) is 5.69 Å². The minimum atomic E-state index is -0.154.